The number of nitrogens with zero attached hydrogens (tertiary/aromatic N) is 4. The fraction of sp³-hybridized carbons (Fsp3) is 0.125. The maximum Gasteiger partial charge on any atom is 0.212 e. The van der Waals surface area contributed by atoms with Gasteiger partial charge in [-0.2, -0.15) is 9.78 Å². The van der Waals surface area contributed by atoms with Crippen LogP contribution >= 0.6 is 27.7 Å². The zero-order valence-electron chi connectivity index (χ0n) is 17.0. The molecule has 0 radical (unpaired) electrons. The SMILES string of the molecule is Cc1nnc(SCc2ccccc2)n1/N=C/c1ccccc1OCc1ccc(Br)cc1. The van der Waals surface area contributed by atoms with Crippen LogP contribution in [0.1, 0.15) is 22.5 Å². The molecule has 7 heteroatoms. The number of aryl methyl sites for hydroxylation is 1. The first-order valence-electron chi connectivity index (χ1n) is 9.78. The van der Waals surface area contributed by atoms with Crippen LogP contribution in [0.15, 0.2) is 93.6 Å². The summed E-state index contributed by atoms with van der Waals surface area (Å²) < 4.78 is 8.86. The topological polar surface area (TPSA) is 52.3 Å². The molecule has 0 unspecified atom stereocenters. The molecule has 1 heterocycles. The van der Waals surface area contributed by atoms with Gasteiger partial charge in [0.2, 0.25) is 5.16 Å². The number of aromatic nitrogens is 3. The molecule has 31 heavy (non-hydrogen) atoms. The molecule has 0 saturated heterocycles. The highest BCUT2D eigenvalue weighted by atomic mass is 79.9. The largest absolute Gasteiger partial charge is 0.488 e. The quantitative estimate of drug-likeness (QED) is 0.220. The fourth-order valence-corrected chi connectivity index (χ4v) is 4.02. The fourth-order valence-electron chi connectivity index (χ4n) is 2.86. The molecule has 0 aliphatic rings. The second-order valence-corrected chi connectivity index (χ2v) is 8.67. The van der Waals surface area contributed by atoms with Crippen molar-refractivity contribution in [3.05, 3.63) is 106 Å². The highest BCUT2D eigenvalue weighted by molar-refractivity contribution is 9.10. The van der Waals surface area contributed by atoms with Crippen LogP contribution in [0.3, 0.4) is 0 Å². The smallest absolute Gasteiger partial charge is 0.212 e. The van der Waals surface area contributed by atoms with Gasteiger partial charge in [-0.25, -0.2) is 0 Å². The summed E-state index contributed by atoms with van der Waals surface area (Å²) in [4.78, 5) is 0. The molecule has 0 atom stereocenters. The highest BCUT2D eigenvalue weighted by Crippen LogP contribution is 2.23. The van der Waals surface area contributed by atoms with Gasteiger partial charge < -0.3 is 4.74 Å². The Bertz CT molecular complexity index is 1160. The normalized spacial score (nSPS) is 11.2. The van der Waals surface area contributed by atoms with Crippen LogP contribution < -0.4 is 4.74 Å². The number of rotatable bonds is 8. The Hall–Kier alpha value is -2.90. The van der Waals surface area contributed by atoms with E-state index < -0.39 is 0 Å². The van der Waals surface area contributed by atoms with Gasteiger partial charge in [0.05, 0.1) is 6.21 Å². The third-order valence-corrected chi connectivity index (χ3v) is 6.04. The van der Waals surface area contributed by atoms with Crippen LogP contribution in [0.5, 0.6) is 5.75 Å². The van der Waals surface area contributed by atoms with Gasteiger partial charge in [0.25, 0.3) is 0 Å². The number of hydrogen-bond acceptors (Lipinski definition) is 5. The summed E-state index contributed by atoms with van der Waals surface area (Å²) >= 11 is 5.07. The zero-order valence-corrected chi connectivity index (χ0v) is 19.4. The van der Waals surface area contributed by atoms with Gasteiger partial charge in [0.15, 0.2) is 5.82 Å². The summed E-state index contributed by atoms with van der Waals surface area (Å²) in [7, 11) is 0. The minimum Gasteiger partial charge on any atom is -0.488 e. The van der Waals surface area contributed by atoms with Crippen molar-refractivity contribution in [3.8, 4) is 5.75 Å². The van der Waals surface area contributed by atoms with E-state index in [0.29, 0.717) is 6.61 Å². The van der Waals surface area contributed by atoms with Gasteiger partial charge in [0.1, 0.15) is 12.4 Å². The van der Waals surface area contributed by atoms with E-state index in [1.807, 2.05) is 73.7 Å². The lowest BCUT2D eigenvalue weighted by atomic mass is 10.2. The van der Waals surface area contributed by atoms with Gasteiger partial charge in [-0.15, -0.1) is 10.2 Å². The average molecular weight is 493 g/mol. The van der Waals surface area contributed by atoms with E-state index in [-0.39, 0.29) is 0 Å². The van der Waals surface area contributed by atoms with E-state index in [0.717, 1.165) is 38.1 Å². The lowest BCUT2D eigenvalue weighted by Gasteiger charge is -2.09. The van der Waals surface area contributed by atoms with Gasteiger partial charge in [-0.05, 0) is 42.3 Å². The molecule has 0 saturated carbocycles. The van der Waals surface area contributed by atoms with Crippen LogP contribution in [-0.4, -0.2) is 21.1 Å². The van der Waals surface area contributed by atoms with Crippen molar-refractivity contribution in [1.29, 1.82) is 0 Å². The van der Waals surface area contributed by atoms with Crippen molar-refractivity contribution < 1.29 is 4.74 Å². The predicted octanol–water partition coefficient (Wildman–Crippen LogP) is 6.10. The summed E-state index contributed by atoms with van der Waals surface area (Å²) in [5, 5.41) is 13.9. The minimum atomic E-state index is 0.488. The molecule has 0 amide bonds. The molecule has 1 aromatic heterocycles. The van der Waals surface area contributed by atoms with Crippen LogP contribution in [0.25, 0.3) is 0 Å². The van der Waals surface area contributed by atoms with E-state index in [9.17, 15) is 0 Å². The number of hydrogen-bond donors (Lipinski definition) is 0. The van der Waals surface area contributed by atoms with Crippen molar-refractivity contribution in [2.24, 2.45) is 5.10 Å². The van der Waals surface area contributed by atoms with E-state index in [1.54, 1.807) is 22.7 Å². The number of ether oxygens (including phenoxy) is 1. The van der Waals surface area contributed by atoms with E-state index in [4.69, 9.17) is 4.74 Å². The molecule has 0 spiro atoms. The van der Waals surface area contributed by atoms with Crippen molar-refractivity contribution >= 4 is 33.9 Å². The number of para-hydroxylation sites is 1. The Balaban J connectivity index is 1.47. The molecule has 4 rings (SSSR count). The summed E-state index contributed by atoms with van der Waals surface area (Å²) in [6, 6.07) is 26.2. The molecule has 5 nitrogen and oxygen atoms in total. The maximum atomic E-state index is 6.05. The molecular weight excluding hydrogens is 472 g/mol. The molecule has 3 aromatic carbocycles. The number of benzene rings is 3. The monoisotopic (exact) mass is 492 g/mol. The highest BCUT2D eigenvalue weighted by Gasteiger charge is 2.09. The Labute approximate surface area is 194 Å². The van der Waals surface area contributed by atoms with Crippen LogP contribution in [0.4, 0.5) is 0 Å². The molecular formula is C24H21BrN4OS. The first kappa shape index (κ1) is 21.3. The standard InChI is InChI=1S/C24H21BrN4OS/c1-18-27-28-24(31-17-20-7-3-2-4-8-20)29(18)26-15-21-9-5-6-10-23(21)30-16-19-11-13-22(25)14-12-19/h2-15H,16-17H2,1H3/b26-15+. The Morgan fingerprint density at radius 2 is 1.68 bits per heavy atom. The molecule has 0 fully saturated rings. The van der Waals surface area contributed by atoms with Crippen molar-refractivity contribution in [1.82, 2.24) is 14.9 Å². The number of thioether (sulfide) groups is 1. The van der Waals surface area contributed by atoms with E-state index in [2.05, 4.69) is 43.4 Å². The van der Waals surface area contributed by atoms with Gasteiger partial charge in [-0.3, -0.25) is 0 Å². The first-order chi connectivity index (χ1) is 15.2. The van der Waals surface area contributed by atoms with Crippen LogP contribution in [-0.2, 0) is 12.4 Å². The summed E-state index contributed by atoms with van der Waals surface area (Å²) in [5.74, 6) is 2.32. The summed E-state index contributed by atoms with van der Waals surface area (Å²) in [5.41, 5.74) is 3.23. The predicted molar refractivity (Wildman–Crippen MR) is 129 cm³/mol. The average Bonchev–Trinajstić information content (AvgIpc) is 3.16. The van der Waals surface area contributed by atoms with E-state index in [1.165, 1.54) is 5.56 Å². The second-order valence-electron chi connectivity index (χ2n) is 6.81. The second kappa shape index (κ2) is 10.4. The van der Waals surface area contributed by atoms with Crippen LogP contribution in [0.2, 0.25) is 0 Å². The van der Waals surface area contributed by atoms with Crippen molar-refractivity contribution in [2.75, 3.05) is 0 Å². The van der Waals surface area contributed by atoms with Crippen LogP contribution in [0, 0.1) is 6.92 Å². The lowest BCUT2D eigenvalue weighted by molar-refractivity contribution is 0.306. The molecule has 0 bridgehead atoms. The van der Waals surface area contributed by atoms with Crippen molar-refractivity contribution in [3.63, 3.8) is 0 Å². The minimum absolute atomic E-state index is 0.488. The molecule has 156 valence electrons. The number of halogens is 1. The molecule has 0 N–H and O–H groups in total. The Kier molecular flexibility index (Phi) is 7.17. The molecule has 4 aromatic rings. The summed E-state index contributed by atoms with van der Waals surface area (Å²) in [6.07, 6.45) is 1.79. The van der Waals surface area contributed by atoms with Gasteiger partial charge in [-0.1, -0.05) is 82.3 Å². The lowest BCUT2D eigenvalue weighted by Crippen LogP contribution is -2.00. The van der Waals surface area contributed by atoms with Gasteiger partial charge >= 0.3 is 0 Å². The van der Waals surface area contributed by atoms with Crippen molar-refractivity contribution in [2.45, 2.75) is 24.4 Å². The summed E-state index contributed by atoms with van der Waals surface area (Å²) in [6.45, 7) is 2.38. The maximum absolute atomic E-state index is 6.05. The van der Waals surface area contributed by atoms with E-state index >= 15 is 0 Å². The van der Waals surface area contributed by atoms with Gasteiger partial charge in [0, 0.05) is 15.8 Å². The Morgan fingerprint density at radius 3 is 2.48 bits per heavy atom. The zero-order chi connectivity index (χ0) is 21.5. The molecule has 0 aliphatic carbocycles. The Morgan fingerprint density at radius 1 is 0.935 bits per heavy atom. The third kappa shape index (κ3) is 5.83. The first-order valence-corrected chi connectivity index (χ1v) is 11.6. The molecule has 0 aliphatic heterocycles. The third-order valence-electron chi connectivity index (χ3n) is 4.52.